The van der Waals surface area contributed by atoms with Gasteiger partial charge in [0.25, 0.3) is 0 Å². The molecule has 0 aliphatic heterocycles. The second-order valence-electron chi connectivity index (χ2n) is 11.9. The summed E-state index contributed by atoms with van der Waals surface area (Å²) >= 11 is 1.74. The number of phenolic OH excluding ortho intramolecular Hbond substituents is 2. The van der Waals surface area contributed by atoms with Crippen LogP contribution in [0.2, 0.25) is 13.1 Å². The first kappa shape index (κ1) is 41.4. The van der Waals surface area contributed by atoms with Gasteiger partial charge in [0.2, 0.25) is 0 Å². The van der Waals surface area contributed by atoms with Crippen molar-refractivity contribution in [3.05, 3.63) is 119 Å². The summed E-state index contributed by atoms with van der Waals surface area (Å²) in [5.41, 5.74) is 2.19. The van der Waals surface area contributed by atoms with Crippen LogP contribution in [0.15, 0.2) is 97.1 Å². The van der Waals surface area contributed by atoms with Gasteiger partial charge in [-0.3, -0.25) is 0 Å². The largest absolute Gasteiger partial charge is 0.508 e. The molecule has 0 saturated heterocycles. The van der Waals surface area contributed by atoms with Crippen molar-refractivity contribution in [2.45, 2.75) is 77.8 Å². The van der Waals surface area contributed by atoms with Crippen molar-refractivity contribution in [1.82, 2.24) is 0 Å². The summed E-state index contributed by atoms with van der Waals surface area (Å²) < 4.78 is 71.0. The first-order chi connectivity index (χ1) is 19.9. The van der Waals surface area contributed by atoms with E-state index in [-0.39, 0.29) is 16.9 Å². The topological polar surface area (TPSA) is 40.5 Å². The fourth-order valence-corrected chi connectivity index (χ4v) is 3.05. The van der Waals surface area contributed by atoms with Crippen molar-refractivity contribution in [2.75, 3.05) is 0 Å². The van der Waals surface area contributed by atoms with E-state index in [4.69, 9.17) is 10.2 Å². The van der Waals surface area contributed by atoms with E-state index in [1.807, 2.05) is 0 Å². The molecule has 0 fully saturated rings. The van der Waals surface area contributed by atoms with Gasteiger partial charge in [0.15, 0.2) is 0 Å². The molecule has 0 bridgehead atoms. The van der Waals surface area contributed by atoms with Crippen LogP contribution in [0.5, 0.6) is 11.5 Å². The van der Waals surface area contributed by atoms with Crippen LogP contribution in [0.1, 0.15) is 63.8 Å². The summed E-state index contributed by atoms with van der Waals surface area (Å²) in [6.07, 6.45) is -8.65. The van der Waals surface area contributed by atoms with Gasteiger partial charge in [0.1, 0.15) is 11.5 Å². The minimum absolute atomic E-state index is 0.169. The van der Waals surface area contributed by atoms with Crippen molar-refractivity contribution < 1.29 is 59.9 Å². The van der Waals surface area contributed by atoms with Gasteiger partial charge in [-0.25, -0.2) is 24.3 Å². The van der Waals surface area contributed by atoms with E-state index in [0.29, 0.717) is 10.8 Å². The molecular formula is C34H42F6O2SiZr. The molecule has 0 heterocycles. The summed E-state index contributed by atoms with van der Waals surface area (Å²) in [6, 6.07) is 24.3. The maximum Gasteiger partial charge on any atom is 0.416 e. The third kappa shape index (κ3) is 18.9. The van der Waals surface area contributed by atoms with Crippen LogP contribution < -0.4 is 0 Å². The summed E-state index contributed by atoms with van der Waals surface area (Å²) in [5.74, 6) is -0.337. The Morgan fingerprint density at radius 3 is 0.932 bits per heavy atom. The number of rotatable bonds is 0. The first-order valence-electron chi connectivity index (χ1n) is 13.6. The van der Waals surface area contributed by atoms with Gasteiger partial charge in [-0.2, -0.15) is 61.7 Å². The van der Waals surface area contributed by atoms with Crippen LogP contribution in [0.25, 0.3) is 0 Å². The summed E-state index contributed by atoms with van der Waals surface area (Å²) in [6.45, 7) is 18.0. The zero-order valence-electron chi connectivity index (χ0n) is 26.4. The monoisotopic (exact) mass is 714 g/mol. The maximum atomic E-state index is 11.8. The van der Waals surface area contributed by atoms with Gasteiger partial charge in [-0.1, -0.05) is 41.5 Å². The van der Waals surface area contributed by atoms with E-state index >= 15 is 0 Å². The number of aromatic hydroxyl groups is 2. The Morgan fingerprint density at radius 1 is 0.545 bits per heavy atom. The predicted octanol–water partition coefficient (Wildman–Crippen LogP) is 11.0. The van der Waals surface area contributed by atoms with E-state index in [9.17, 15) is 26.3 Å². The van der Waals surface area contributed by atoms with E-state index in [2.05, 4.69) is 103 Å². The molecule has 0 saturated carbocycles. The second kappa shape index (κ2) is 18.4. The molecule has 0 aliphatic rings. The average molecular weight is 716 g/mol. The summed E-state index contributed by atoms with van der Waals surface area (Å²) in [5, 5.41) is 17.3. The summed E-state index contributed by atoms with van der Waals surface area (Å²) in [7, 11) is 0. The molecule has 4 rings (SSSR count). The molecule has 0 unspecified atom stereocenters. The van der Waals surface area contributed by atoms with Crippen molar-refractivity contribution in [3.8, 4) is 11.5 Å². The molecule has 2 nitrogen and oxygen atoms in total. The summed E-state index contributed by atoms with van der Waals surface area (Å²) in [4.78, 5) is 0. The minimum atomic E-state index is -4.33. The maximum absolute atomic E-state index is 11.8. The van der Waals surface area contributed by atoms with E-state index in [1.54, 1.807) is 23.3 Å². The first-order valence-corrected chi connectivity index (χ1v) is 19.8. The van der Waals surface area contributed by atoms with Crippen molar-refractivity contribution in [2.24, 2.45) is 0 Å². The molecule has 44 heavy (non-hydrogen) atoms. The number of halogens is 6. The molecule has 0 spiro atoms. The van der Waals surface area contributed by atoms with E-state index < -0.39 is 23.5 Å². The fourth-order valence-electron chi connectivity index (χ4n) is 3.05. The number of alkyl halides is 6. The van der Waals surface area contributed by atoms with E-state index in [0.717, 1.165) is 48.5 Å². The molecular weight excluding hydrogens is 674 g/mol. The van der Waals surface area contributed by atoms with Gasteiger partial charge in [0, 0.05) is 0 Å². The Bertz CT molecular complexity index is 1210. The Hall–Kier alpha value is -2.58. The molecule has 10 heteroatoms. The van der Waals surface area contributed by atoms with Crippen molar-refractivity contribution in [3.63, 3.8) is 0 Å². The van der Waals surface area contributed by atoms with Crippen LogP contribution in [-0.2, 0) is 46.5 Å². The molecule has 0 atom stereocenters. The fraction of sp³-hybridized carbons (Fsp3) is 0.353. The van der Waals surface area contributed by atoms with Crippen LogP contribution in [0, 0.1) is 0 Å². The SMILES string of the molecule is CC(C)(C)c1ccc[cH-]1.CC(C)(C)c1ccc[cH-]1.C[Si](C)=[Zr+2].Oc1ccc(C(F)(F)F)cc1.Oc1ccc(C(F)(F)F)cc1. The smallest absolute Gasteiger partial charge is 0.416 e. The Balaban J connectivity index is 0.000000540. The molecule has 0 aromatic heterocycles. The molecule has 2 N–H and O–H groups in total. The van der Waals surface area contributed by atoms with Crippen LogP contribution >= 0.6 is 0 Å². The average Bonchev–Trinajstić information content (AvgIpc) is 3.59. The number of benzene rings is 2. The van der Waals surface area contributed by atoms with Crippen LogP contribution in [0.3, 0.4) is 0 Å². The Kier molecular flexibility index (Phi) is 17.3. The van der Waals surface area contributed by atoms with Crippen LogP contribution in [-0.4, -0.2) is 15.6 Å². The van der Waals surface area contributed by atoms with Gasteiger partial charge in [-0.05, 0) is 59.4 Å². The molecule has 0 amide bonds. The van der Waals surface area contributed by atoms with Gasteiger partial charge in [-0.15, -0.1) is 0 Å². The standard InChI is InChI=1S/2C9H13.2C7H5F3O.C2H6Si.Zr/c2*1-9(2,3)8-6-4-5-7-8;2*8-7(9,10)5-1-3-6(11)4-2-5;1-3-2;/h2*4-7H,1-3H3;2*1-4,11H;1-2H3;/q2*-1;;;;+2. The number of hydrogen-bond acceptors (Lipinski definition) is 2. The predicted molar refractivity (Wildman–Crippen MR) is 165 cm³/mol. The zero-order chi connectivity index (χ0) is 34.4. The number of hydrogen-bond donors (Lipinski definition) is 2. The quantitative estimate of drug-likeness (QED) is 0.108. The van der Waals surface area contributed by atoms with Crippen molar-refractivity contribution in [1.29, 1.82) is 0 Å². The Morgan fingerprint density at radius 2 is 0.795 bits per heavy atom. The third-order valence-electron chi connectivity index (χ3n) is 5.45. The molecule has 4 aromatic rings. The van der Waals surface area contributed by atoms with Gasteiger partial charge >= 0.3 is 54.2 Å². The molecule has 4 aromatic carbocycles. The second-order valence-corrected chi connectivity index (χ2v) is 21.3. The zero-order valence-corrected chi connectivity index (χ0v) is 29.9. The normalized spacial score (nSPS) is 11.3. The molecule has 0 aliphatic carbocycles. The van der Waals surface area contributed by atoms with Crippen molar-refractivity contribution >= 4 is 5.43 Å². The van der Waals surface area contributed by atoms with E-state index in [1.165, 1.54) is 11.1 Å². The molecule has 240 valence electrons. The van der Waals surface area contributed by atoms with Gasteiger partial charge in [0.05, 0.1) is 11.1 Å². The van der Waals surface area contributed by atoms with Crippen LogP contribution in [0.4, 0.5) is 26.3 Å². The van der Waals surface area contributed by atoms with Gasteiger partial charge < -0.3 is 10.2 Å². The molecule has 0 radical (unpaired) electrons. The minimum Gasteiger partial charge on any atom is -0.508 e. The Labute approximate surface area is 272 Å². The number of phenols is 2. The third-order valence-corrected chi connectivity index (χ3v) is 5.45.